The average molecular weight is 723 g/mol. The molecule has 2 aromatic heterocycles. The fraction of sp³-hybridized carbons (Fsp3) is 0.359. The second-order valence-corrected chi connectivity index (χ2v) is 14.0. The normalized spacial score (nSPS) is 20.4. The van der Waals surface area contributed by atoms with Crippen molar-refractivity contribution < 1.29 is 32.7 Å². The summed E-state index contributed by atoms with van der Waals surface area (Å²) in [6, 6.07) is 12.6. The molecule has 0 aliphatic carbocycles. The van der Waals surface area contributed by atoms with Gasteiger partial charge >= 0.3 is 13.1 Å². The SMILES string of the molecule is C#Cc1c(F)ccc2cc(OCc3ccc(B(O)O)cc3)cc(-c3ncc4c(N5CCCCCN5)nc(OC[C@@]56CCCN5C[C@H](F)C6)nc4c3F)c12. The smallest absolute Gasteiger partial charge is 0.488 e. The van der Waals surface area contributed by atoms with Gasteiger partial charge in [0.05, 0.1) is 16.5 Å². The first-order valence-corrected chi connectivity index (χ1v) is 17.9. The lowest BCUT2D eigenvalue weighted by Gasteiger charge is -2.31. The molecule has 10 nitrogen and oxygen atoms in total. The second kappa shape index (κ2) is 14.5. The van der Waals surface area contributed by atoms with Gasteiger partial charge < -0.3 is 19.5 Å². The molecule has 5 aromatic rings. The van der Waals surface area contributed by atoms with Gasteiger partial charge in [-0.2, -0.15) is 9.97 Å². The van der Waals surface area contributed by atoms with Crippen LogP contribution in [-0.2, 0) is 6.61 Å². The third-order valence-electron chi connectivity index (χ3n) is 10.6. The molecule has 3 N–H and O–H groups in total. The monoisotopic (exact) mass is 722 g/mol. The first kappa shape index (κ1) is 35.1. The van der Waals surface area contributed by atoms with Gasteiger partial charge in [0.25, 0.3) is 0 Å². The first-order chi connectivity index (χ1) is 25.7. The molecule has 0 saturated carbocycles. The largest absolute Gasteiger partial charge is 0.489 e. The molecule has 0 bridgehead atoms. The van der Waals surface area contributed by atoms with Gasteiger partial charge in [0.2, 0.25) is 0 Å². The lowest BCUT2D eigenvalue weighted by atomic mass is 9.80. The molecule has 3 aromatic carbocycles. The maximum absolute atomic E-state index is 17.2. The number of benzene rings is 3. The molecule has 53 heavy (non-hydrogen) atoms. The Balaban J connectivity index is 1.23. The Labute approximate surface area is 305 Å². The van der Waals surface area contributed by atoms with Crippen LogP contribution in [0.4, 0.5) is 19.0 Å². The maximum atomic E-state index is 17.2. The van der Waals surface area contributed by atoms with Crippen molar-refractivity contribution in [1.82, 2.24) is 25.3 Å². The van der Waals surface area contributed by atoms with Crippen molar-refractivity contribution in [3.8, 4) is 35.4 Å². The Hall–Kier alpha value is -4.94. The number of ether oxygens (including phenoxy) is 2. The average Bonchev–Trinajstić information content (AvgIpc) is 3.54. The van der Waals surface area contributed by atoms with E-state index in [4.69, 9.17) is 20.9 Å². The minimum atomic E-state index is -1.60. The number of hydrogen-bond donors (Lipinski definition) is 3. The molecule has 14 heteroatoms. The summed E-state index contributed by atoms with van der Waals surface area (Å²) in [5, 5.41) is 21.9. The molecular formula is C39H38BF3N6O4. The molecule has 8 rings (SSSR count). The van der Waals surface area contributed by atoms with Crippen LogP contribution in [0.3, 0.4) is 0 Å². The van der Waals surface area contributed by atoms with E-state index in [0.29, 0.717) is 53.9 Å². The molecule has 3 fully saturated rings. The van der Waals surface area contributed by atoms with Crippen molar-refractivity contribution >= 4 is 40.1 Å². The number of hydrogen-bond acceptors (Lipinski definition) is 10. The van der Waals surface area contributed by atoms with Crippen molar-refractivity contribution in [2.75, 3.05) is 37.8 Å². The van der Waals surface area contributed by atoms with E-state index in [9.17, 15) is 14.4 Å². The molecule has 0 amide bonds. The highest BCUT2D eigenvalue weighted by Gasteiger charge is 2.49. The number of terminal acetylenes is 1. The Bertz CT molecular complexity index is 2210. The van der Waals surface area contributed by atoms with Crippen molar-refractivity contribution in [2.45, 2.75) is 56.8 Å². The molecule has 272 valence electrons. The zero-order valence-electron chi connectivity index (χ0n) is 29.0. The van der Waals surface area contributed by atoms with E-state index in [2.05, 4.69) is 26.2 Å². The van der Waals surface area contributed by atoms with E-state index in [0.717, 1.165) is 44.2 Å². The quantitative estimate of drug-likeness (QED) is 0.145. The lowest BCUT2D eigenvalue weighted by Crippen LogP contribution is -2.43. The van der Waals surface area contributed by atoms with Gasteiger partial charge in [-0.25, -0.2) is 18.6 Å². The van der Waals surface area contributed by atoms with Gasteiger partial charge in [0.15, 0.2) is 11.6 Å². The van der Waals surface area contributed by atoms with Crippen LogP contribution < -0.4 is 25.4 Å². The summed E-state index contributed by atoms with van der Waals surface area (Å²) in [5.41, 5.74) is 4.00. The van der Waals surface area contributed by atoms with Crippen LogP contribution in [0.5, 0.6) is 11.8 Å². The van der Waals surface area contributed by atoms with E-state index in [1.54, 1.807) is 42.5 Å². The molecule has 0 radical (unpaired) electrons. The summed E-state index contributed by atoms with van der Waals surface area (Å²) < 4.78 is 59.3. The fourth-order valence-corrected chi connectivity index (χ4v) is 7.95. The number of pyridine rings is 1. The third kappa shape index (κ3) is 6.74. The minimum Gasteiger partial charge on any atom is -0.489 e. The Morgan fingerprint density at radius 3 is 2.68 bits per heavy atom. The highest BCUT2D eigenvalue weighted by atomic mass is 19.1. The number of nitrogens with zero attached hydrogens (tertiary/aromatic N) is 5. The molecule has 3 aliphatic heterocycles. The number of halogens is 3. The zero-order valence-corrected chi connectivity index (χ0v) is 29.0. The predicted octanol–water partition coefficient (Wildman–Crippen LogP) is 4.81. The number of anilines is 1. The maximum Gasteiger partial charge on any atom is 0.488 e. The summed E-state index contributed by atoms with van der Waals surface area (Å²) in [4.78, 5) is 16.1. The molecule has 0 unspecified atom stereocenters. The van der Waals surface area contributed by atoms with Gasteiger partial charge in [0, 0.05) is 43.2 Å². The van der Waals surface area contributed by atoms with Crippen molar-refractivity contribution in [3.05, 3.63) is 77.5 Å². The minimum absolute atomic E-state index is 0.0323. The second-order valence-electron chi connectivity index (χ2n) is 14.0. The summed E-state index contributed by atoms with van der Waals surface area (Å²) >= 11 is 0. The molecular weight excluding hydrogens is 684 g/mol. The molecule has 3 aliphatic rings. The summed E-state index contributed by atoms with van der Waals surface area (Å²) in [6.07, 6.45) is 11.4. The van der Waals surface area contributed by atoms with Crippen molar-refractivity contribution in [1.29, 1.82) is 0 Å². The van der Waals surface area contributed by atoms with Gasteiger partial charge in [-0.3, -0.25) is 14.9 Å². The number of hydrazine groups is 1. The number of aromatic nitrogens is 3. The van der Waals surface area contributed by atoms with Gasteiger partial charge in [-0.1, -0.05) is 42.7 Å². The molecule has 0 spiro atoms. The molecule has 5 heterocycles. The number of nitrogens with one attached hydrogen (secondary N) is 1. The van der Waals surface area contributed by atoms with Crippen LogP contribution in [0.15, 0.2) is 54.7 Å². The Morgan fingerprint density at radius 1 is 1.02 bits per heavy atom. The number of rotatable bonds is 9. The van der Waals surface area contributed by atoms with Crippen LogP contribution in [-0.4, -0.2) is 81.5 Å². The predicted molar refractivity (Wildman–Crippen MR) is 196 cm³/mol. The van der Waals surface area contributed by atoms with Crippen LogP contribution in [0.25, 0.3) is 32.9 Å². The van der Waals surface area contributed by atoms with E-state index in [1.165, 1.54) is 12.3 Å². The Kier molecular flexibility index (Phi) is 9.59. The lowest BCUT2D eigenvalue weighted by molar-refractivity contribution is 0.107. The van der Waals surface area contributed by atoms with E-state index in [-0.39, 0.29) is 46.9 Å². The highest BCUT2D eigenvalue weighted by molar-refractivity contribution is 6.58. The fourth-order valence-electron chi connectivity index (χ4n) is 7.95. The standard InChI is InChI=1S/C39H38BF3N6O4/c1-2-29-32(42)12-9-25-17-28(52-22-24-7-10-26(11-8-24)40(50)51)18-30(33(25)29)35-34(43)36-31(20-44-35)37(49-16-5-3-4-14-45-49)47-38(46-36)53-23-39-13-6-15-48(39)21-27(41)19-39/h1,7-12,17-18,20,27,45,50-51H,3-6,13-16,19,21-23H2/t27-,39+/m1/s1. The van der Waals surface area contributed by atoms with Crippen LogP contribution in [0.2, 0.25) is 0 Å². The molecule has 3 saturated heterocycles. The van der Waals surface area contributed by atoms with E-state index in [1.807, 2.05) is 5.01 Å². The molecule has 2 atom stereocenters. The van der Waals surface area contributed by atoms with Crippen LogP contribution >= 0.6 is 0 Å². The number of fused-ring (bicyclic) bond motifs is 3. The van der Waals surface area contributed by atoms with Gasteiger partial charge in [-0.05, 0) is 66.8 Å². The van der Waals surface area contributed by atoms with Crippen LogP contribution in [0, 0.1) is 24.0 Å². The third-order valence-corrected chi connectivity index (χ3v) is 10.6. The summed E-state index contributed by atoms with van der Waals surface area (Å²) in [7, 11) is -1.60. The van der Waals surface area contributed by atoms with Crippen molar-refractivity contribution in [3.63, 3.8) is 0 Å². The van der Waals surface area contributed by atoms with E-state index < -0.39 is 30.5 Å². The van der Waals surface area contributed by atoms with E-state index >= 15 is 8.78 Å². The number of alkyl halides is 1. The van der Waals surface area contributed by atoms with Gasteiger partial charge in [0.1, 0.15) is 42.2 Å². The van der Waals surface area contributed by atoms with Crippen LogP contribution in [0.1, 0.15) is 49.7 Å². The summed E-state index contributed by atoms with van der Waals surface area (Å²) in [5.74, 6) is 1.77. The Morgan fingerprint density at radius 2 is 1.87 bits per heavy atom. The van der Waals surface area contributed by atoms with Gasteiger partial charge in [-0.15, -0.1) is 6.42 Å². The highest BCUT2D eigenvalue weighted by Crippen LogP contribution is 2.42. The summed E-state index contributed by atoms with van der Waals surface area (Å²) in [6.45, 7) is 2.76. The van der Waals surface area contributed by atoms with Crippen molar-refractivity contribution in [2.24, 2.45) is 0 Å². The zero-order chi connectivity index (χ0) is 36.7. The topological polar surface area (TPSA) is 116 Å². The first-order valence-electron chi connectivity index (χ1n) is 17.9.